The molecule has 0 bridgehead atoms. The van der Waals surface area contributed by atoms with Crippen molar-refractivity contribution in [2.24, 2.45) is 0 Å². The second kappa shape index (κ2) is 7.14. The first-order chi connectivity index (χ1) is 8.86. The summed E-state index contributed by atoms with van der Waals surface area (Å²) in [6.45, 7) is 2.24. The molecule has 0 fully saturated rings. The van der Waals surface area contributed by atoms with Crippen molar-refractivity contribution in [3.63, 3.8) is 0 Å². The number of halogens is 4. The predicted octanol–water partition coefficient (Wildman–Crippen LogP) is 4.08. The summed E-state index contributed by atoms with van der Waals surface area (Å²) in [5, 5.41) is 3.14. The summed E-state index contributed by atoms with van der Waals surface area (Å²) in [6.07, 6.45) is -1.67. The van der Waals surface area contributed by atoms with E-state index in [-0.39, 0.29) is 12.6 Å². The summed E-state index contributed by atoms with van der Waals surface area (Å²) in [5.41, 5.74) is -0.630. The van der Waals surface area contributed by atoms with E-state index in [1.807, 2.05) is 13.2 Å². The molecule has 19 heavy (non-hydrogen) atoms. The van der Waals surface area contributed by atoms with Crippen LogP contribution >= 0.6 is 11.8 Å². The summed E-state index contributed by atoms with van der Waals surface area (Å²) in [5.74, 6) is 0.0161. The van der Waals surface area contributed by atoms with Crippen LogP contribution in [0.4, 0.5) is 17.6 Å². The summed E-state index contributed by atoms with van der Waals surface area (Å²) in [6, 6.07) is 2.85. The molecule has 0 aliphatic rings. The summed E-state index contributed by atoms with van der Waals surface area (Å²) < 4.78 is 50.8. The van der Waals surface area contributed by atoms with Crippen LogP contribution < -0.4 is 5.32 Å². The monoisotopic (exact) mass is 295 g/mol. The van der Waals surface area contributed by atoms with Crippen molar-refractivity contribution in [2.45, 2.75) is 32.1 Å². The van der Waals surface area contributed by atoms with E-state index in [9.17, 15) is 17.6 Å². The van der Waals surface area contributed by atoms with Gasteiger partial charge in [0.05, 0.1) is 5.56 Å². The Kier molecular flexibility index (Phi) is 6.13. The zero-order valence-corrected chi connectivity index (χ0v) is 11.7. The van der Waals surface area contributed by atoms with Crippen LogP contribution in [0.2, 0.25) is 0 Å². The number of alkyl halides is 3. The molecule has 1 N–H and O–H groups in total. The molecule has 1 unspecified atom stereocenters. The molecule has 0 aliphatic heterocycles. The molecule has 0 spiro atoms. The van der Waals surface area contributed by atoms with E-state index in [0.717, 1.165) is 24.3 Å². The lowest BCUT2D eigenvalue weighted by atomic mass is 10.1. The van der Waals surface area contributed by atoms with Gasteiger partial charge in [-0.1, -0.05) is 6.92 Å². The molecule has 6 heteroatoms. The molecule has 0 heterocycles. The number of hydrogen-bond acceptors (Lipinski definition) is 2. The van der Waals surface area contributed by atoms with Crippen LogP contribution in [0.3, 0.4) is 0 Å². The van der Waals surface area contributed by atoms with Gasteiger partial charge in [-0.25, -0.2) is 4.39 Å². The van der Waals surface area contributed by atoms with Gasteiger partial charge >= 0.3 is 6.18 Å². The molecule has 0 saturated heterocycles. The van der Waals surface area contributed by atoms with E-state index in [1.54, 1.807) is 11.8 Å². The Morgan fingerprint density at radius 2 is 1.95 bits per heavy atom. The van der Waals surface area contributed by atoms with E-state index in [4.69, 9.17) is 0 Å². The van der Waals surface area contributed by atoms with Crippen molar-refractivity contribution in [2.75, 3.05) is 12.0 Å². The molecule has 1 nitrogen and oxygen atoms in total. The van der Waals surface area contributed by atoms with Crippen LogP contribution in [0, 0.1) is 5.82 Å². The molecule has 108 valence electrons. The van der Waals surface area contributed by atoms with Gasteiger partial charge in [0.2, 0.25) is 0 Å². The number of benzene rings is 1. The van der Waals surface area contributed by atoms with Gasteiger partial charge in [-0.3, -0.25) is 0 Å². The number of hydrogen-bond donors (Lipinski definition) is 1. The first-order valence-electron chi connectivity index (χ1n) is 5.95. The minimum Gasteiger partial charge on any atom is -0.309 e. The van der Waals surface area contributed by atoms with Gasteiger partial charge in [0.15, 0.2) is 0 Å². The number of nitrogens with one attached hydrogen (secondary N) is 1. The topological polar surface area (TPSA) is 12.0 Å². The molecule has 1 aromatic rings. The van der Waals surface area contributed by atoms with Crippen LogP contribution in [0.15, 0.2) is 18.2 Å². The molecular formula is C13H17F4NS. The smallest absolute Gasteiger partial charge is 0.309 e. The highest BCUT2D eigenvalue weighted by Crippen LogP contribution is 2.30. The van der Waals surface area contributed by atoms with E-state index in [2.05, 4.69) is 5.32 Å². The van der Waals surface area contributed by atoms with E-state index >= 15 is 0 Å². The molecule has 0 amide bonds. The fraction of sp³-hybridized carbons (Fsp3) is 0.538. The first-order valence-corrected chi connectivity index (χ1v) is 7.35. The number of thioether (sulfide) groups is 1. The Morgan fingerprint density at radius 1 is 1.26 bits per heavy atom. The Labute approximate surface area is 114 Å². The standard InChI is InChI=1S/C13H17F4NS/c1-3-12(8-19-2)18-7-9-4-10(13(15,16)17)6-11(14)5-9/h4-6,12,18H,3,7-8H2,1-2H3. The Hall–Kier alpha value is -0.750. The van der Waals surface area contributed by atoms with E-state index in [0.29, 0.717) is 11.6 Å². The van der Waals surface area contributed by atoms with Crippen LogP contribution in [0.1, 0.15) is 24.5 Å². The molecule has 0 radical (unpaired) electrons. The van der Waals surface area contributed by atoms with Crippen LogP contribution in [0.5, 0.6) is 0 Å². The van der Waals surface area contributed by atoms with Gasteiger partial charge in [0.1, 0.15) is 5.82 Å². The highest BCUT2D eigenvalue weighted by molar-refractivity contribution is 7.98. The second-order valence-electron chi connectivity index (χ2n) is 4.29. The molecule has 1 rings (SSSR count). The number of rotatable bonds is 6. The van der Waals surface area contributed by atoms with Crippen molar-refractivity contribution < 1.29 is 17.6 Å². The first kappa shape index (κ1) is 16.3. The maximum Gasteiger partial charge on any atom is 0.416 e. The molecule has 0 saturated carbocycles. The molecule has 0 aromatic heterocycles. The van der Waals surface area contributed by atoms with Crippen molar-refractivity contribution in [1.82, 2.24) is 5.32 Å². The van der Waals surface area contributed by atoms with Gasteiger partial charge in [-0.2, -0.15) is 24.9 Å². The fourth-order valence-corrected chi connectivity index (χ4v) is 2.46. The minimum absolute atomic E-state index is 0.215. The summed E-state index contributed by atoms with van der Waals surface area (Å²) in [7, 11) is 0. The van der Waals surface area contributed by atoms with Gasteiger partial charge in [-0.15, -0.1) is 0 Å². The van der Waals surface area contributed by atoms with Crippen LogP contribution in [0.25, 0.3) is 0 Å². The maximum absolute atomic E-state index is 13.2. The molecule has 1 atom stereocenters. The third-order valence-corrected chi connectivity index (χ3v) is 3.48. The third kappa shape index (κ3) is 5.40. The molecular weight excluding hydrogens is 278 g/mol. The zero-order valence-electron chi connectivity index (χ0n) is 10.9. The Morgan fingerprint density at radius 3 is 2.47 bits per heavy atom. The van der Waals surface area contributed by atoms with E-state index in [1.165, 1.54) is 0 Å². The second-order valence-corrected chi connectivity index (χ2v) is 5.20. The van der Waals surface area contributed by atoms with Gasteiger partial charge in [0.25, 0.3) is 0 Å². The third-order valence-electron chi connectivity index (χ3n) is 2.74. The Bertz CT molecular complexity index is 406. The largest absolute Gasteiger partial charge is 0.416 e. The van der Waals surface area contributed by atoms with Gasteiger partial charge < -0.3 is 5.32 Å². The Balaban J connectivity index is 2.76. The SMILES string of the molecule is CCC(CSC)NCc1cc(F)cc(C(F)(F)F)c1. The predicted molar refractivity (Wildman–Crippen MR) is 70.7 cm³/mol. The highest BCUT2D eigenvalue weighted by Gasteiger charge is 2.31. The van der Waals surface area contributed by atoms with E-state index < -0.39 is 17.6 Å². The van der Waals surface area contributed by atoms with Crippen LogP contribution in [-0.4, -0.2) is 18.1 Å². The minimum atomic E-state index is -4.51. The quantitative estimate of drug-likeness (QED) is 0.794. The molecule has 1 aromatic carbocycles. The zero-order chi connectivity index (χ0) is 14.5. The normalized spacial score (nSPS) is 13.6. The van der Waals surface area contributed by atoms with Crippen LogP contribution in [-0.2, 0) is 12.7 Å². The van der Waals surface area contributed by atoms with Crippen molar-refractivity contribution in [3.8, 4) is 0 Å². The summed E-state index contributed by atoms with van der Waals surface area (Å²) >= 11 is 1.66. The van der Waals surface area contributed by atoms with Gasteiger partial charge in [0, 0.05) is 18.3 Å². The fourth-order valence-electron chi connectivity index (χ4n) is 1.70. The lowest BCUT2D eigenvalue weighted by Crippen LogP contribution is -2.30. The van der Waals surface area contributed by atoms with Crippen molar-refractivity contribution in [1.29, 1.82) is 0 Å². The average molecular weight is 295 g/mol. The van der Waals surface area contributed by atoms with Gasteiger partial charge in [-0.05, 0) is 36.4 Å². The van der Waals surface area contributed by atoms with Crippen molar-refractivity contribution in [3.05, 3.63) is 35.1 Å². The van der Waals surface area contributed by atoms with Crippen molar-refractivity contribution >= 4 is 11.8 Å². The molecule has 0 aliphatic carbocycles. The lowest BCUT2D eigenvalue weighted by molar-refractivity contribution is -0.137. The maximum atomic E-state index is 13.2. The highest BCUT2D eigenvalue weighted by atomic mass is 32.2. The average Bonchev–Trinajstić information content (AvgIpc) is 2.32. The lowest BCUT2D eigenvalue weighted by Gasteiger charge is -2.16. The summed E-state index contributed by atoms with van der Waals surface area (Å²) in [4.78, 5) is 0.